The Morgan fingerprint density at radius 1 is 1.04 bits per heavy atom. The van der Waals surface area contributed by atoms with E-state index in [9.17, 15) is 9.59 Å². The van der Waals surface area contributed by atoms with E-state index in [-0.39, 0.29) is 12.5 Å². The second-order valence-electron chi connectivity index (χ2n) is 6.34. The predicted octanol–water partition coefficient (Wildman–Crippen LogP) is 1.66. The fraction of sp³-hybridized carbons (Fsp3) is 0.250. The van der Waals surface area contributed by atoms with Crippen LogP contribution in [0.5, 0.6) is 0 Å². The quantitative estimate of drug-likeness (QED) is 0.553. The number of esters is 1. The molecule has 8 heteroatoms. The summed E-state index contributed by atoms with van der Waals surface area (Å²) in [7, 11) is 1.67. The van der Waals surface area contributed by atoms with Crippen LogP contribution < -0.4 is 0 Å². The third kappa shape index (κ3) is 5.23. The molecule has 0 fully saturated rings. The van der Waals surface area contributed by atoms with Crippen molar-refractivity contribution in [3.63, 3.8) is 0 Å². The molecule has 8 nitrogen and oxygen atoms in total. The third-order valence-electron chi connectivity index (χ3n) is 4.25. The Labute approximate surface area is 162 Å². The summed E-state index contributed by atoms with van der Waals surface area (Å²) in [6.45, 7) is 0.104. The van der Waals surface area contributed by atoms with Gasteiger partial charge in [0.05, 0.1) is 0 Å². The van der Waals surface area contributed by atoms with Crippen molar-refractivity contribution in [2.24, 2.45) is 0 Å². The molecule has 1 aromatic heterocycles. The molecule has 0 saturated carbocycles. The summed E-state index contributed by atoms with van der Waals surface area (Å²) < 4.78 is 6.62. The van der Waals surface area contributed by atoms with Crippen LogP contribution in [0.15, 0.2) is 67.0 Å². The number of amides is 1. The lowest BCUT2D eigenvalue weighted by Crippen LogP contribution is -2.33. The Kier molecular flexibility index (Phi) is 6.46. The standard InChI is InChI=1S/C20H21N5O3/c1-24(13-17-10-6-3-7-11-17)19(26)14-28-20(27)18(25-15-21-22-23-25)12-16-8-4-2-5-9-16/h2-11,15,18H,12-14H2,1H3/t18-/m1/s1. The van der Waals surface area contributed by atoms with E-state index in [0.717, 1.165) is 11.1 Å². The van der Waals surface area contributed by atoms with Crippen molar-refractivity contribution >= 4 is 11.9 Å². The molecule has 0 aliphatic carbocycles. The highest BCUT2D eigenvalue weighted by atomic mass is 16.5. The second kappa shape index (κ2) is 9.40. The maximum Gasteiger partial charge on any atom is 0.331 e. The zero-order valence-corrected chi connectivity index (χ0v) is 15.5. The van der Waals surface area contributed by atoms with Gasteiger partial charge in [0, 0.05) is 20.0 Å². The zero-order chi connectivity index (χ0) is 19.8. The normalized spacial score (nSPS) is 11.6. The number of ether oxygens (including phenoxy) is 1. The van der Waals surface area contributed by atoms with Crippen LogP contribution >= 0.6 is 0 Å². The van der Waals surface area contributed by atoms with E-state index in [2.05, 4.69) is 15.5 Å². The molecule has 3 rings (SSSR count). The molecule has 0 radical (unpaired) electrons. The van der Waals surface area contributed by atoms with Crippen LogP contribution in [0.4, 0.5) is 0 Å². The van der Waals surface area contributed by atoms with E-state index in [0.29, 0.717) is 13.0 Å². The number of nitrogens with zero attached hydrogens (tertiary/aromatic N) is 5. The lowest BCUT2D eigenvalue weighted by atomic mass is 10.1. The first-order valence-electron chi connectivity index (χ1n) is 8.84. The van der Waals surface area contributed by atoms with E-state index in [1.165, 1.54) is 15.9 Å². The molecule has 3 aromatic rings. The first-order chi connectivity index (χ1) is 13.6. The number of tetrazole rings is 1. The van der Waals surface area contributed by atoms with Crippen molar-refractivity contribution in [2.45, 2.75) is 19.0 Å². The van der Waals surface area contributed by atoms with Crippen molar-refractivity contribution < 1.29 is 14.3 Å². The lowest BCUT2D eigenvalue weighted by Gasteiger charge is -2.19. The second-order valence-corrected chi connectivity index (χ2v) is 6.34. The van der Waals surface area contributed by atoms with Crippen molar-refractivity contribution in [2.75, 3.05) is 13.7 Å². The average molecular weight is 379 g/mol. The number of likely N-dealkylation sites (N-methyl/N-ethyl adjacent to an activating group) is 1. The zero-order valence-electron chi connectivity index (χ0n) is 15.5. The summed E-state index contributed by atoms with van der Waals surface area (Å²) >= 11 is 0. The highest BCUT2D eigenvalue weighted by molar-refractivity contribution is 5.81. The maximum absolute atomic E-state index is 12.6. The summed E-state index contributed by atoms with van der Waals surface area (Å²) in [4.78, 5) is 26.5. The summed E-state index contributed by atoms with van der Waals surface area (Å²) in [6, 6.07) is 18.3. The predicted molar refractivity (Wildman–Crippen MR) is 101 cm³/mol. The minimum Gasteiger partial charge on any atom is -0.454 e. The van der Waals surface area contributed by atoms with Gasteiger partial charge in [0.2, 0.25) is 0 Å². The van der Waals surface area contributed by atoms with Gasteiger partial charge in [0.1, 0.15) is 6.33 Å². The molecule has 1 atom stereocenters. The minimum atomic E-state index is -0.746. The van der Waals surface area contributed by atoms with Gasteiger partial charge in [-0.2, -0.15) is 0 Å². The Morgan fingerprint density at radius 3 is 2.29 bits per heavy atom. The Hall–Kier alpha value is -3.55. The van der Waals surface area contributed by atoms with Gasteiger partial charge >= 0.3 is 5.97 Å². The van der Waals surface area contributed by atoms with Crippen molar-refractivity contribution in [1.82, 2.24) is 25.1 Å². The Morgan fingerprint density at radius 2 is 1.68 bits per heavy atom. The van der Waals surface area contributed by atoms with Crippen LogP contribution in [-0.2, 0) is 27.3 Å². The fourth-order valence-corrected chi connectivity index (χ4v) is 2.72. The van der Waals surface area contributed by atoms with E-state index in [1.807, 2.05) is 60.7 Å². The van der Waals surface area contributed by atoms with Crippen LogP contribution in [0.3, 0.4) is 0 Å². The van der Waals surface area contributed by atoms with Crippen LogP contribution in [0.25, 0.3) is 0 Å². The number of benzene rings is 2. The van der Waals surface area contributed by atoms with Gasteiger partial charge < -0.3 is 9.64 Å². The van der Waals surface area contributed by atoms with E-state index in [4.69, 9.17) is 4.74 Å². The number of carbonyl (C=O) groups is 2. The molecule has 2 aromatic carbocycles. The summed E-state index contributed by atoms with van der Waals surface area (Å²) in [5.41, 5.74) is 1.94. The molecule has 1 heterocycles. The molecule has 28 heavy (non-hydrogen) atoms. The number of hydrogen-bond acceptors (Lipinski definition) is 6. The van der Waals surface area contributed by atoms with Crippen LogP contribution in [0.1, 0.15) is 17.2 Å². The molecular formula is C20H21N5O3. The SMILES string of the molecule is CN(Cc1ccccc1)C(=O)COC(=O)[C@@H](Cc1ccccc1)n1cnnn1. The third-order valence-corrected chi connectivity index (χ3v) is 4.25. The number of hydrogen-bond donors (Lipinski definition) is 0. The molecule has 0 spiro atoms. The molecule has 0 N–H and O–H groups in total. The summed E-state index contributed by atoms with van der Waals surface area (Å²) in [5, 5.41) is 11.0. The van der Waals surface area contributed by atoms with Crippen LogP contribution in [0.2, 0.25) is 0 Å². The summed E-state index contributed by atoms with van der Waals surface area (Å²) in [5.74, 6) is -0.843. The van der Waals surface area contributed by atoms with Gasteiger partial charge in [-0.25, -0.2) is 9.48 Å². The van der Waals surface area contributed by atoms with Gasteiger partial charge in [-0.3, -0.25) is 4.79 Å². The molecule has 0 bridgehead atoms. The van der Waals surface area contributed by atoms with Gasteiger partial charge in [0.25, 0.3) is 5.91 Å². The van der Waals surface area contributed by atoms with Gasteiger partial charge in [-0.15, -0.1) is 5.10 Å². The maximum atomic E-state index is 12.6. The largest absolute Gasteiger partial charge is 0.454 e. The molecule has 0 aliphatic heterocycles. The molecule has 144 valence electrons. The summed E-state index contributed by atoms with van der Waals surface area (Å²) in [6.07, 6.45) is 1.72. The van der Waals surface area contributed by atoms with E-state index < -0.39 is 12.0 Å². The van der Waals surface area contributed by atoms with Crippen molar-refractivity contribution in [1.29, 1.82) is 0 Å². The lowest BCUT2D eigenvalue weighted by molar-refractivity contribution is -0.155. The first-order valence-corrected chi connectivity index (χ1v) is 8.84. The Balaban J connectivity index is 1.59. The fourth-order valence-electron chi connectivity index (χ4n) is 2.72. The monoisotopic (exact) mass is 379 g/mol. The molecule has 1 amide bonds. The molecule has 0 unspecified atom stereocenters. The Bertz CT molecular complexity index is 885. The van der Waals surface area contributed by atoms with E-state index >= 15 is 0 Å². The van der Waals surface area contributed by atoms with Crippen LogP contribution in [0, 0.1) is 0 Å². The van der Waals surface area contributed by atoms with Gasteiger partial charge in [0.15, 0.2) is 12.6 Å². The minimum absolute atomic E-state index is 0.285. The molecular weight excluding hydrogens is 358 g/mol. The molecule has 0 saturated heterocycles. The topological polar surface area (TPSA) is 90.2 Å². The number of rotatable bonds is 8. The number of aromatic nitrogens is 4. The van der Waals surface area contributed by atoms with E-state index in [1.54, 1.807) is 7.05 Å². The average Bonchev–Trinajstić information content (AvgIpc) is 3.26. The van der Waals surface area contributed by atoms with Gasteiger partial charge in [-0.05, 0) is 21.6 Å². The highest BCUT2D eigenvalue weighted by Crippen LogP contribution is 2.15. The highest BCUT2D eigenvalue weighted by Gasteiger charge is 2.25. The van der Waals surface area contributed by atoms with Crippen LogP contribution in [-0.4, -0.2) is 50.6 Å². The number of carbonyl (C=O) groups excluding carboxylic acids is 2. The first kappa shape index (κ1) is 19.2. The molecule has 0 aliphatic rings. The smallest absolute Gasteiger partial charge is 0.331 e. The van der Waals surface area contributed by atoms with Crippen molar-refractivity contribution in [3.8, 4) is 0 Å². The van der Waals surface area contributed by atoms with Gasteiger partial charge in [-0.1, -0.05) is 60.7 Å². The van der Waals surface area contributed by atoms with Crippen molar-refractivity contribution in [3.05, 3.63) is 78.1 Å².